The highest BCUT2D eigenvalue weighted by atomic mass is 32.1. The molecule has 2 heterocycles. The highest BCUT2D eigenvalue weighted by Gasteiger charge is 2.23. The van der Waals surface area contributed by atoms with Gasteiger partial charge in [0.2, 0.25) is 11.0 Å². The molecule has 0 aliphatic carbocycles. The van der Waals surface area contributed by atoms with Crippen molar-refractivity contribution in [1.82, 2.24) is 25.0 Å². The van der Waals surface area contributed by atoms with E-state index in [1.54, 1.807) is 0 Å². The van der Waals surface area contributed by atoms with E-state index in [0.29, 0.717) is 5.13 Å². The fourth-order valence-electron chi connectivity index (χ4n) is 1.63. The van der Waals surface area contributed by atoms with Crippen LogP contribution in [0.4, 0.5) is 5.13 Å². The first-order valence-corrected chi connectivity index (χ1v) is 5.95. The Morgan fingerprint density at radius 1 is 1.56 bits per heavy atom. The summed E-state index contributed by atoms with van der Waals surface area (Å²) in [5.41, 5.74) is 0. The van der Waals surface area contributed by atoms with Gasteiger partial charge in [0.15, 0.2) is 0 Å². The Bertz CT molecular complexity index is 336. The Hall–Kier alpha value is -1.12. The Balaban J connectivity index is 1.88. The molecule has 1 aromatic heterocycles. The van der Waals surface area contributed by atoms with Gasteiger partial charge in [-0.15, -0.1) is 0 Å². The zero-order chi connectivity index (χ0) is 11.4. The van der Waals surface area contributed by atoms with E-state index in [0.717, 1.165) is 37.7 Å². The Morgan fingerprint density at radius 2 is 2.31 bits per heavy atom. The topological polar surface area (TPSA) is 83.0 Å². The second-order valence-corrected chi connectivity index (χ2v) is 4.35. The van der Waals surface area contributed by atoms with Crippen LogP contribution in [0.15, 0.2) is 0 Å². The predicted molar refractivity (Wildman–Crippen MR) is 60.2 cm³/mol. The molecular formula is C8H14N6OS. The maximum Gasteiger partial charge on any atom is 0.243 e. The van der Waals surface area contributed by atoms with Gasteiger partial charge in [-0.2, -0.15) is 0 Å². The van der Waals surface area contributed by atoms with Gasteiger partial charge in [-0.3, -0.25) is 15.0 Å². The molecule has 0 saturated carbocycles. The molecule has 88 valence electrons. The van der Waals surface area contributed by atoms with Crippen molar-refractivity contribution in [1.29, 1.82) is 0 Å². The minimum Gasteiger partial charge on any atom is -0.314 e. The SMILES string of the molecule is CC(C(=O)Nc1nnns1)N1CCNCC1. The Morgan fingerprint density at radius 3 is 2.94 bits per heavy atom. The molecule has 1 aliphatic rings. The highest BCUT2D eigenvalue weighted by molar-refractivity contribution is 7.09. The van der Waals surface area contributed by atoms with Crippen molar-refractivity contribution in [3.63, 3.8) is 0 Å². The van der Waals surface area contributed by atoms with Crippen molar-refractivity contribution in [2.75, 3.05) is 31.5 Å². The third-order valence-corrected chi connectivity index (χ3v) is 3.12. The lowest BCUT2D eigenvalue weighted by atomic mass is 10.2. The number of anilines is 1. The van der Waals surface area contributed by atoms with E-state index < -0.39 is 0 Å². The minimum atomic E-state index is -0.147. The largest absolute Gasteiger partial charge is 0.314 e. The first kappa shape index (κ1) is 11.4. The number of hydrogen-bond acceptors (Lipinski definition) is 7. The number of piperazine rings is 1. The summed E-state index contributed by atoms with van der Waals surface area (Å²) in [5.74, 6) is -0.0551. The van der Waals surface area contributed by atoms with Gasteiger partial charge >= 0.3 is 0 Å². The third-order valence-electron chi connectivity index (χ3n) is 2.61. The van der Waals surface area contributed by atoms with Crippen LogP contribution in [0.1, 0.15) is 6.92 Å². The zero-order valence-electron chi connectivity index (χ0n) is 9.01. The van der Waals surface area contributed by atoms with E-state index in [2.05, 4.69) is 30.3 Å². The van der Waals surface area contributed by atoms with Crippen LogP contribution in [0, 0.1) is 0 Å². The van der Waals surface area contributed by atoms with Crippen molar-refractivity contribution in [3.05, 3.63) is 0 Å². The van der Waals surface area contributed by atoms with Gasteiger partial charge in [-0.1, -0.05) is 9.59 Å². The lowest BCUT2D eigenvalue weighted by Gasteiger charge is -2.31. The molecule has 1 saturated heterocycles. The first-order valence-electron chi connectivity index (χ1n) is 5.18. The van der Waals surface area contributed by atoms with E-state index >= 15 is 0 Å². The maximum absolute atomic E-state index is 11.8. The van der Waals surface area contributed by atoms with Gasteiger partial charge in [0.05, 0.1) is 6.04 Å². The van der Waals surface area contributed by atoms with E-state index in [4.69, 9.17) is 0 Å². The average molecular weight is 242 g/mol. The van der Waals surface area contributed by atoms with Gasteiger partial charge in [-0.05, 0) is 12.1 Å². The average Bonchev–Trinajstić information content (AvgIpc) is 2.82. The molecule has 16 heavy (non-hydrogen) atoms. The maximum atomic E-state index is 11.8. The number of hydrogen-bond donors (Lipinski definition) is 2. The third kappa shape index (κ3) is 2.71. The molecule has 1 aliphatic heterocycles. The molecule has 1 fully saturated rings. The predicted octanol–water partition coefficient (Wildman–Crippen LogP) is -0.835. The molecule has 1 atom stereocenters. The molecule has 0 aromatic carbocycles. The minimum absolute atomic E-state index is 0.0551. The number of nitrogens with zero attached hydrogens (tertiary/aromatic N) is 4. The summed E-state index contributed by atoms with van der Waals surface area (Å²) in [6.07, 6.45) is 0. The van der Waals surface area contributed by atoms with E-state index in [1.807, 2.05) is 6.92 Å². The summed E-state index contributed by atoms with van der Waals surface area (Å²) in [5, 5.41) is 13.5. The second-order valence-electron chi connectivity index (χ2n) is 3.62. The molecule has 2 N–H and O–H groups in total. The van der Waals surface area contributed by atoms with Crippen LogP contribution in [0.5, 0.6) is 0 Å². The molecule has 0 bridgehead atoms. The van der Waals surface area contributed by atoms with Crippen LogP contribution >= 0.6 is 11.5 Å². The normalized spacial score (nSPS) is 19.3. The van der Waals surface area contributed by atoms with E-state index in [1.165, 1.54) is 0 Å². The molecule has 2 rings (SSSR count). The molecule has 7 nitrogen and oxygen atoms in total. The molecular weight excluding hydrogens is 228 g/mol. The van der Waals surface area contributed by atoms with Crippen molar-refractivity contribution in [2.24, 2.45) is 0 Å². The Labute approximate surface area is 97.4 Å². The number of carbonyl (C=O) groups is 1. The van der Waals surface area contributed by atoms with E-state index in [-0.39, 0.29) is 11.9 Å². The van der Waals surface area contributed by atoms with Gasteiger partial charge in [-0.25, -0.2) is 0 Å². The quantitative estimate of drug-likeness (QED) is 0.719. The van der Waals surface area contributed by atoms with Crippen LogP contribution in [-0.2, 0) is 4.79 Å². The number of amides is 1. The van der Waals surface area contributed by atoms with E-state index in [9.17, 15) is 4.79 Å². The number of carbonyl (C=O) groups excluding carboxylic acids is 1. The summed E-state index contributed by atoms with van der Waals surface area (Å²) in [4.78, 5) is 14.0. The molecule has 0 radical (unpaired) electrons. The second kappa shape index (κ2) is 5.28. The molecule has 1 aromatic rings. The summed E-state index contributed by atoms with van der Waals surface area (Å²) in [7, 11) is 0. The Kier molecular flexibility index (Phi) is 3.75. The van der Waals surface area contributed by atoms with Crippen LogP contribution < -0.4 is 10.6 Å². The first-order chi connectivity index (χ1) is 7.77. The van der Waals surface area contributed by atoms with Gasteiger partial charge in [0.1, 0.15) is 0 Å². The number of nitrogens with one attached hydrogen (secondary N) is 2. The fourth-order valence-corrected chi connectivity index (χ4v) is 2.00. The lowest BCUT2D eigenvalue weighted by Crippen LogP contribution is -2.51. The van der Waals surface area contributed by atoms with Gasteiger partial charge in [0, 0.05) is 37.7 Å². The standard InChI is InChI=1S/C8H14N6OS/c1-6(14-4-2-9-3-5-14)7(15)10-8-11-12-13-16-8/h6,9H,2-5H2,1H3,(H,10,11,13,15). The monoisotopic (exact) mass is 242 g/mol. The summed E-state index contributed by atoms with van der Waals surface area (Å²) >= 11 is 1.08. The summed E-state index contributed by atoms with van der Waals surface area (Å²) < 4.78 is 3.59. The van der Waals surface area contributed by atoms with Crippen molar-refractivity contribution in [2.45, 2.75) is 13.0 Å². The van der Waals surface area contributed by atoms with Crippen molar-refractivity contribution in [3.8, 4) is 0 Å². The smallest absolute Gasteiger partial charge is 0.243 e. The van der Waals surface area contributed by atoms with Crippen LogP contribution in [-0.4, -0.2) is 57.8 Å². The van der Waals surface area contributed by atoms with Crippen molar-refractivity contribution >= 4 is 22.6 Å². The van der Waals surface area contributed by atoms with Crippen molar-refractivity contribution < 1.29 is 4.79 Å². The molecule has 0 spiro atoms. The summed E-state index contributed by atoms with van der Waals surface area (Å²) in [6.45, 7) is 5.54. The highest BCUT2D eigenvalue weighted by Crippen LogP contribution is 2.08. The lowest BCUT2D eigenvalue weighted by molar-refractivity contribution is -0.120. The number of rotatable bonds is 3. The van der Waals surface area contributed by atoms with Gasteiger partial charge in [0.25, 0.3) is 0 Å². The summed E-state index contributed by atoms with van der Waals surface area (Å²) in [6, 6.07) is -0.147. The zero-order valence-corrected chi connectivity index (χ0v) is 9.83. The van der Waals surface area contributed by atoms with Gasteiger partial charge < -0.3 is 5.32 Å². The molecule has 1 unspecified atom stereocenters. The van der Waals surface area contributed by atoms with Crippen LogP contribution in [0.2, 0.25) is 0 Å². The molecule has 1 amide bonds. The van der Waals surface area contributed by atoms with Crippen LogP contribution in [0.3, 0.4) is 0 Å². The van der Waals surface area contributed by atoms with Crippen LogP contribution in [0.25, 0.3) is 0 Å². The molecule has 8 heteroatoms. The number of aromatic nitrogens is 3. The fraction of sp³-hybridized carbons (Fsp3) is 0.750.